The van der Waals surface area contributed by atoms with Gasteiger partial charge in [-0.05, 0) is 37.3 Å². The van der Waals surface area contributed by atoms with Crippen LogP contribution in [0, 0.1) is 30.6 Å². The normalized spacial score (nSPS) is 26.2. The molecule has 4 atom stereocenters. The SMILES string of the molecule is Cc1sc(NC(=O)[C@@H]2[C@H](C(=O)O)[C@H]3C=C[C@H]2C3)nc1-c1ccc(Cl)cc1. The Kier molecular flexibility index (Phi) is 4.32. The number of hydrogen-bond donors (Lipinski definition) is 2. The fourth-order valence-corrected chi connectivity index (χ4v) is 5.00. The average molecular weight is 389 g/mol. The van der Waals surface area contributed by atoms with E-state index in [9.17, 15) is 14.7 Å². The minimum atomic E-state index is -0.904. The van der Waals surface area contributed by atoms with E-state index in [-0.39, 0.29) is 17.7 Å². The van der Waals surface area contributed by atoms with Crippen molar-refractivity contribution in [3.8, 4) is 11.3 Å². The second kappa shape index (κ2) is 6.52. The van der Waals surface area contributed by atoms with Crippen LogP contribution in [-0.2, 0) is 9.59 Å². The zero-order valence-corrected chi connectivity index (χ0v) is 15.6. The van der Waals surface area contributed by atoms with Gasteiger partial charge >= 0.3 is 5.97 Å². The summed E-state index contributed by atoms with van der Waals surface area (Å²) in [6.07, 6.45) is 4.64. The maximum Gasteiger partial charge on any atom is 0.307 e. The van der Waals surface area contributed by atoms with Crippen molar-refractivity contribution in [1.29, 1.82) is 0 Å². The van der Waals surface area contributed by atoms with Crippen LogP contribution in [0.3, 0.4) is 0 Å². The molecule has 1 fully saturated rings. The van der Waals surface area contributed by atoms with Crippen LogP contribution in [0.5, 0.6) is 0 Å². The highest BCUT2D eigenvalue weighted by molar-refractivity contribution is 7.16. The third-order valence-electron chi connectivity index (χ3n) is 5.19. The molecule has 2 N–H and O–H groups in total. The quantitative estimate of drug-likeness (QED) is 0.768. The number of hydrogen-bond acceptors (Lipinski definition) is 4. The van der Waals surface area contributed by atoms with Crippen molar-refractivity contribution in [1.82, 2.24) is 4.98 Å². The first-order valence-electron chi connectivity index (χ1n) is 8.39. The van der Waals surface area contributed by atoms with E-state index < -0.39 is 17.8 Å². The van der Waals surface area contributed by atoms with E-state index in [1.165, 1.54) is 11.3 Å². The third-order valence-corrected chi connectivity index (χ3v) is 6.33. The lowest BCUT2D eigenvalue weighted by atomic mass is 9.82. The summed E-state index contributed by atoms with van der Waals surface area (Å²) in [6, 6.07) is 7.37. The minimum absolute atomic E-state index is 0.00195. The van der Waals surface area contributed by atoms with Gasteiger partial charge in [0.2, 0.25) is 5.91 Å². The van der Waals surface area contributed by atoms with Crippen LogP contribution in [0.25, 0.3) is 11.3 Å². The highest BCUT2D eigenvalue weighted by Gasteiger charge is 2.51. The Morgan fingerprint density at radius 3 is 2.50 bits per heavy atom. The Hall–Kier alpha value is -2.18. The molecule has 0 spiro atoms. The Morgan fingerprint density at radius 2 is 1.85 bits per heavy atom. The molecule has 0 saturated heterocycles. The van der Waals surface area contributed by atoms with Gasteiger partial charge in [0.05, 0.1) is 17.5 Å². The van der Waals surface area contributed by atoms with Crippen molar-refractivity contribution in [3.63, 3.8) is 0 Å². The number of benzene rings is 1. The fraction of sp³-hybridized carbons (Fsp3) is 0.316. The van der Waals surface area contributed by atoms with Crippen LogP contribution in [0.1, 0.15) is 11.3 Å². The van der Waals surface area contributed by atoms with Crippen LogP contribution in [0.2, 0.25) is 5.02 Å². The lowest BCUT2D eigenvalue weighted by Gasteiger charge is -2.23. The van der Waals surface area contributed by atoms with Gasteiger partial charge in [0, 0.05) is 15.5 Å². The maximum atomic E-state index is 12.8. The number of carbonyl (C=O) groups excluding carboxylic acids is 1. The highest BCUT2D eigenvalue weighted by atomic mass is 35.5. The number of amides is 1. The molecule has 7 heteroatoms. The highest BCUT2D eigenvalue weighted by Crippen LogP contribution is 2.48. The van der Waals surface area contributed by atoms with Gasteiger partial charge in [-0.15, -0.1) is 11.3 Å². The molecule has 5 nitrogen and oxygen atoms in total. The molecule has 2 aliphatic carbocycles. The van der Waals surface area contributed by atoms with Crippen molar-refractivity contribution in [2.24, 2.45) is 23.7 Å². The minimum Gasteiger partial charge on any atom is -0.481 e. The van der Waals surface area contributed by atoms with Crippen molar-refractivity contribution in [3.05, 3.63) is 46.3 Å². The summed E-state index contributed by atoms with van der Waals surface area (Å²) in [6.45, 7) is 1.94. The number of aryl methyl sites for hydroxylation is 1. The average Bonchev–Trinajstić information content (AvgIpc) is 3.29. The molecule has 2 bridgehead atoms. The summed E-state index contributed by atoms with van der Waals surface area (Å²) in [4.78, 5) is 29.9. The number of allylic oxidation sites excluding steroid dienone is 2. The van der Waals surface area contributed by atoms with E-state index in [2.05, 4.69) is 10.3 Å². The third kappa shape index (κ3) is 2.93. The van der Waals surface area contributed by atoms with Gasteiger partial charge in [-0.25, -0.2) is 4.98 Å². The largest absolute Gasteiger partial charge is 0.481 e. The second-order valence-corrected chi connectivity index (χ2v) is 8.40. The smallest absolute Gasteiger partial charge is 0.307 e. The summed E-state index contributed by atoms with van der Waals surface area (Å²) in [5.74, 6) is -2.40. The molecule has 1 amide bonds. The number of aliphatic carboxylic acids is 1. The van der Waals surface area contributed by atoms with Crippen LogP contribution in [-0.4, -0.2) is 22.0 Å². The molecule has 1 aromatic heterocycles. The standard InChI is InChI=1S/C19H17ClN2O3S/c1-9-16(10-4-6-13(20)7-5-10)21-19(26-9)22-17(23)14-11-2-3-12(8-11)15(14)18(24)25/h2-7,11-12,14-15H,8H2,1H3,(H,24,25)(H,21,22,23)/t11-,12-,14-,15+/m0/s1. The van der Waals surface area contributed by atoms with Crippen molar-refractivity contribution in [2.75, 3.05) is 5.32 Å². The zero-order valence-electron chi connectivity index (χ0n) is 14.0. The van der Waals surface area contributed by atoms with E-state index in [1.807, 2.05) is 31.2 Å². The van der Waals surface area contributed by atoms with Crippen LogP contribution >= 0.6 is 22.9 Å². The lowest BCUT2D eigenvalue weighted by molar-refractivity contribution is -0.146. The number of nitrogens with one attached hydrogen (secondary N) is 1. The lowest BCUT2D eigenvalue weighted by Crippen LogP contribution is -2.36. The van der Waals surface area contributed by atoms with Crippen LogP contribution < -0.4 is 5.32 Å². The molecule has 1 heterocycles. The molecule has 134 valence electrons. The van der Waals surface area contributed by atoms with Crippen molar-refractivity contribution < 1.29 is 14.7 Å². The number of carboxylic acids is 1. The van der Waals surface area contributed by atoms with Gasteiger partial charge < -0.3 is 10.4 Å². The Bertz CT molecular complexity index is 906. The molecular weight excluding hydrogens is 372 g/mol. The first-order valence-corrected chi connectivity index (χ1v) is 9.59. The second-order valence-electron chi connectivity index (χ2n) is 6.76. The Labute approximate surface area is 159 Å². The van der Waals surface area contributed by atoms with Crippen LogP contribution in [0.4, 0.5) is 5.13 Å². The fourth-order valence-electron chi connectivity index (χ4n) is 4.03. The first-order chi connectivity index (χ1) is 12.4. The van der Waals surface area contributed by atoms with Crippen molar-refractivity contribution in [2.45, 2.75) is 13.3 Å². The summed E-state index contributed by atoms with van der Waals surface area (Å²) >= 11 is 7.32. The number of aromatic nitrogens is 1. The Morgan fingerprint density at radius 1 is 1.19 bits per heavy atom. The maximum absolute atomic E-state index is 12.8. The van der Waals surface area contributed by atoms with Gasteiger partial charge in [-0.2, -0.15) is 0 Å². The van der Waals surface area contributed by atoms with E-state index in [4.69, 9.17) is 11.6 Å². The van der Waals surface area contributed by atoms with Crippen molar-refractivity contribution >= 4 is 39.9 Å². The van der Waals surface area contributed by atoms with Gasteiger partial charge in [0.1, 0.15) is 0 Å². The molecular formula is C19H17ClN2O3S. The number of halogens is 1. The van der Waals surface area contributed by atoms with Gasteiger partial charge in [0.25, 0.3) is 0 Å². The predicted octanol–water partition coefficient (Wildman–Crippen LogP) is 4.23. The molecule has 1 saturated carbocycles. The van der Waals surface area contributed by atoms with E-state index in [0.29, 0.717) is 10.2 Å². The van der Waals surface area contributed by atoms with E-state index in [1.54, 1.807) is 12.1 Å². The summed E-state index contributed by atoms with van der Waals surface area (Å²) in [7, 11) is 0. The van der Waals surface area contributed by atoms with Gasteiger partial charge in [0.15, 0.2) is 5.13 Å². The predicted molar refractivity (Wildman–Crippen MR) is 101 cm³/mol. The number of rotatable bonds is 4. The van der Waals surface area contributed by atoms with E-state index >= 15 is 0 Å². The number of anilines is 1. The molecule has 4 rings (SSSR count). The number of thiazole rings is 1. The summed E-state index contributed by atoms with van der Waals surface area (Å²) < 4.78 is 0. The monoisotopic (exact) mass is 388 g/mol. The first kappa shape index (κ1) is 17.2. The molecule has 2 aliphatic rings. The molecule has 0 radical (unpaired) electrons. The zero-order chi connectivity index (χ0) is 18.4. The number of carboxylic acid groups (broad SMARTS) is 1. The van der Waals surface area contributed by atoms with E-state index in [0.717, 1.165) is 22.6 Å². The van der Waals surface area contributed by atoms with Gasteiger partial charge in [-0.3, -0.25) is 9.59 Å². The van der Waals surface area contributed by atoms with Crippen LogP contribution in [0.15, 0.2) is 36.4 Å². The summed E-state index contributed by atoms with van der Waals surface area (Å²) in [5.41, 5.74) is 1.72. The molecule has 1 aromatic carbocycles. The number of carbonyl (C=O) groups is 2. The summed E-state index contributed by atoms with van der Waals surface area (Å²) in [5, 5.41) is 13.5. The van der Waals surface area contributed by atoms with Gasteiger partial charge in [-0.1, -0.05) is 35.9 Å². The molecule has 0 aliphatic heterocycles. The molecule has 0 unspecified atom stereocenters. The number of nitrogens with zero attached hydrogens (tertiary/aromatic N) is 1. The molecule has 2 aromatic rings. The topological polar surface area (TPSA) is 79.3 Å². The Balaban J connectivity index is 1.55. The molecule has 26 heavy (non-hydrogen) atoms. The number of fused-ring (bicyclic) bond motifs is 2.